The number of benzene rings is 3. The number of anilines is 2. The van der Waals surface area contributed by atoms with Crippen molar-refractivity contribution in [3.8, 4) is 23.0 Å². The molecule has 4 aromatic rings. The molecule has 0 radical (unpaired) electrons. The molecule has 3 aromatic carbocycles. The second-order valence-corrected chi connectivity index (χ2v) is 8.00. The number of pyridine rings is 1. The Kier molecular flexibility index (Phi) is 7.53. The van der Waals surface area contributed by atoms with Crippen molar-refractivity contribution in [2.24, 2.45) is 0 Å². The van der Waals surface area contributed by atoms with E-state index in [0.717, 1.165) is 5.39 Å². The molecular weight excluding hydrogens is 472 g/mol. The first kappa shape index (κ1) is 25.1. The summed E-state index contributed by atoms with van der Waals surface area (Å²) in [6, 6.07) is 20.4. The summed E-state index contributed by atoms with van der Waals surface area (Å²) in [5.74, 6) is 0.0682. The number of amides is 2. The number of fused-ring (bicyclic) bond motifs is 1. The average molecular weight is 499 g/mol. The highest BCUT2D eigenvalue weighted by atomic mass is 16.5. The summed E-state index contributed by atoms with van der Waals surface area (Å²) in [7, 11) is 3.19. The fraction of sp³-hybridized carbons (Fsp3) is 0.107. The van der Waals surface area contributed by atoms with Gasteiger partial charge in [0.1, 0.15) is 28.6 Å². The molecule has 0 fully saturated rings. The first-order chi connectivity index (χ1) is 17.9. The van der Waals surface area contributed by atoms with Gasteiger partial charge in [0, 0.05) is 42.1 Å². The minimum atomic E-state index is -0.682. The predicted octanol–water partition coefficient (Wildman–Crippen LogP) is 4.81. The zero-order valence-corrected chi connectivity index (χ0v) is 20.5. The van der Waals surface area contributed by atoms with E-state index in [2.05, 4.69) is 20.9 Å². The van der Waals surface area contributed by atoms with Crippen LogP contribution >= 0.6 is 0 Å². The van der Waals surface area contributed by atoms with Gasteiger partial charge in [-0.05, 0) is 49.4 Å². The maximum absolute atomic E-state index is 13.0. The van der Waals surface area contributed by atoms with E-state index in [4.69, 9.17) is 9.47 Å². The van der Waals surface area contributed by atoms with Gasteiger partial charge in [-0.1, -0.05) is 18.2 Å². The van der Waals surface area contributed by atoms with E-state index in [1.165, 1.54) is 12.1 Å². The lowest BCUT2D eigenvalue weighted by Gasteiger charge is -2.15. The molecule has 0 spiro atoms. The summed E-state index contributed by atoms with van der Waals surface area (Å²) in [6.07, 6.45) is 1.62. The number of phenols is 1. The molecule has 9 nitrogen and oxygen atoms in total. The quantitative estimate of drug-likeness (QED) is 0.119. The van der Waals surface area contributed by atoms with Crippen LogP contribution in [0.15, 0.2) is 90.3 Å². The smallest absolute Gasteiger partial charge is 0.263 e. The van der Waals surface area contributed by atoms with E-state index >= 15 is 0 Å². The Hall–Kier alpha value is -5.05. The van der Waals surface area contributed by atoms with E-state index in [1.54, 1.807) is 75.8 Å². The number of phenolic OH excluding ortho intramolecular Hbond substituents is 1. The first-order valence-corrected chi connectivity index (χ1v) is 11.4. The number of allylic oxidation sites excluding steroid dienone is 1. The van der Waals surface area contributed by atoms with Gasteiger partial charge in [-0.25, -0.2) is 0 Å². The van der Waals surface area contributed by atoms with Gasteiger partial charge in [0.25, 0.3) is 11.8 Å². The summed E-state index contributed by atoms with van der Waals surface area (Å²) in [6.45, 7) is 1.62. The van der Waals surface area contributed by atoms with Crippen LogP contribution in [0.2, 0.25) is 0 Å². The topological polar surface area (TPSA) is 122 Å². The lowest BCUT2D eigenvalue weighted by Crippen LogP contribution is -2.29. The number of aromatic hydroxyl groups is 1. The molecule has 4 N–H and O–H groups in total. The summed E-state index contributed by atoms with van der Waals surface area (Å²) < 4.78 is 11.2. The van der Waals surface area contributed by atoms with Crippen LogP contribution in [0.5, 0.6) is 23.0 Å². The molecule has 0 aliphatic rings. The van der Waals surface area contributed by atoms with Gasteiger partial charge in [0.05, 0.1) is 18.3 Å². The summed E-state index contributed by atoms with van der Waals surface area (Å²) >= 11 is 0. The van der Waals surface area contributed by atoms with Gasteiger partial charge < -0.3 is 30.5 Å². The van der Waals surface area contributed by atoms with Crippen LogP contribution in [0, 0.1) is 0 Å². The molecule has 9 heteroatoms. The third-order valence-corrected chi connectivity index (χ3v) is 5.59. The van der Waals surface area contributed by atoms with Crippen molar-refractivity contribution in [1.82, 2.24) is 10.3 Å². The maximum Gasteiger partial charge on any atom is 0.263 e. The average Bonchev–Trinajstić information content (AvgIpc) is 2.90. The molecule has 2 amide bonds. The van der Waals surface area contributed by atoms with E-state index in [9.17, 15) is 14.7 Å². The molecule has 1 heterocycles. The van der Waals surface area contributed by atoms with Gasteiger partial charge in [-0.3, -0.25) is 14.6 Å². The Bertz CT molecular complexity index is 1480. The largest absolute Gasteiger partial charge is 0.506 e. The second-order valence-electron chi connectivity index (χ2n) is 8.00. The fourth-order valence-corrected chi connectivity index (χ4v) is 3.59. The van der Waals surface area contributed by atoms with Gasteiger partial charge in [0.15, 0.2) is 0 Å². The molecule has 0 saturated carbocycles. The zero-order chi connectivity index (χ0) is 26.4. The van der Waals surface area contributed by atoms with Crippen molar-refractivity contribution in [1.29, 1.82) is 0 Å². The normalized spacial score (nSPS) is 11.3. The molecule has 188 valence electrons. The van der Waals surface area contributed by atoms with Crippen molar-refractivity contribution >= 4 is 34.1 Å². The summed E-state index contributed by atoms with van der Waals surface area (Å²) in [4.78, 5) is 30.2. The van der Waals surface area contributed by atoms with Gasteiger partial charge in [-0.15, -0.1) is 0 Å². The first-order valence-electron chi connectivity index (χ1n) is 11.4. The standard InChI is InChI=1S/C28H26N4O5/c1-17(29-2)26(27(34)31-18-7-5-4-6-8-18)28(35)32-22-12-10-20(16-24(22)33)37-25-13-14-30-23-15-19(36-3)9-11-21(23)25/h4-16,29,33H,1-3H3,(H,31,34)(H,32,35)/b26-17+. The molecule has 0 aliphatic heterocycles. The summed E-state index contributed by atoms with van der Waals surface area (Å²) in [5.41, 5.74) is 1.61. The van der Waals surface area contributed by atoms with Crippen LogP contribution in [0.25, 0.3) is 10.9 Å². The lowest BCUT2D eigenvalue weighted by atomic mass is 10.1. The molecule has 37 heavy (non-hydrogen) atoms. The van der Waals surface area contributed by atoms with Gasteiger partial charge in [0.2, 0.25) is 0 Å². The van der Waals surface area contributed by atoms with Gasteiger partial charge in [-0.2, -0.15) is 0 Å². The van der Waals surface area contributed by atoms with Crippen molar-refractivity contribution in [2.75, 3.05) is 24.8 Å². The fourth-order valence-electron chi connectivity index (χ4n) is 3.59. The number of ether oxygens (including phenoxy) is 2. The number of nitrogens with zero attached hydrogens (tertiary/aromatic N) is 1. The van der Waals surface area contributed by atoms with E-state index in [1.807, 2.05) is 12.1 Å². The Labute approximate surface area is 213 Å². The number of methoxy groups -OCH3 is 1. The molecule has 0 aliphatic carbocycles. The van der Waals surface area contributed by atoms with Crippen LogP contribution in [0.3, 0.4) is 0 Å². The Morgan fingerprint density at radius 1 is 0.892 bits per heavy atom. The number of aromatic nitrogens is 1. The molecular formula is C28H26N4O5. The number of rotatable bonds is 8. The van der Waals surface area contributed by atoms with E-state index in [-0.39, 0.29) is 17.0 Å². The third kappa shape index (κ3) is 5.79. The highest BCUT2D eigenvalue weighted by Crippen LogP contribution is 2.34. The van der Waals surface area contributed by atoms with Crippen molar-refractivity contribution in [3.63, 3.8) is 0 Å². The second kappa shape index (κ2) is 11.1. The molecule has 1 aromatic heterocycles. The van der Waals surface area contributed by atoms with Crippen molar-refractivity contribution in [2.45, 2.75) is 6.92 Å². The van der Waals surface area contributed by atoms with Crippen molar-refractivity contribution in [3.05, 3.63) is 90.3 Å². The number of carbonyl (C=O) groups is 2. The minimum absolute atomic E-state index is 0.121. The van der Waals surface area contributed by atoms with Crippen LogP contribution in [0.1, 0.15) is 6.92 Å². The number of hydrogen-bond acceptors (Lipinski definition) is 7. The molecule has 0 unspecified atom stereocenters. The van der Waals surface area contributed by atoms with Crippen molar-refractivity contribution < 1.29 is 24.2 Å². The minimum Gasteiger partial charge on any atom is -0.506 e. The van der Waals surface area contributed by atoms with E-state index < -0.39 is 11.8 Å². The van der Waals surface area contributed by atoms with Crippen LogP contribution in [-0.4, -0.2) is 36.1 Å². The highest BCUT2D eigenvalue weighted by molar-refractivity contribution is 6.26. The third-order valence-electron chi connectivity index (χ3n) is 5.59. The molecule has 4 rings (SSSR count). The van der Waals surface area contributed by atoms with Crippen LogP contribution in [0.4, 0.5) is 11.4 Å². The zero-order valence-electron chi connectivity index (χ0n) is 20.5. The van der Waals surface area contributed by atoms with Crippen LogP contribution < -0.4 is 25.4 Å². The number of nitrogens with one attached hydrogen (secondary N) is 3. The number of hydrogen-bond donors (Lipinski definition) is 4. The Morgan fingerprint density at radius 3 is 2.32 bits per heavy atom. The SMILES string of the molecule is CN/C(C)=C(\C(=O)Nc1ccccc1)C(=O)Nc1ccc(Oc2ccnc3cc(OC)ccc23)cc1O. The molecule has 0 atom stereocenters. The molecule has 0 saturated heterocycles. The van der Waals surface area contributed by atoms with Gasteiger partial charge >= 0.3 is 0 Å². The lowest BCUT2D eigenvalue weighted by molar-refractivity contribution is -0.118. The van der Waals surface area contributed by atoms with E-state index in [0.29, 0.717) is 34.1 Å². The monoisotopic (exact) mass is 498 g/mol. The summed E-state index contributed by atoms with van der Waals surface area (Å²) in [5, 5.41) is 19.5. The Morgan fingerprint density at radius 2 is 1.62 bits per heavy atom. The van der Waals surface area contributed by atoms with Crippen LogP contribution in [-0.2, 0) is 9.59 Å². The molecule has 0 bridgehead atoms. The Balaban J connectivity index is 1.53. The number of carbonyl (C=O) groups excluding carboxylic acids is 2. The number of para-hydroxylation sites is 1. The predicted molar refractivity (Wildman–Crippen MR) is 142 cm³/mol. The highest BCUT2D eigenvalue weighted by Gasteiger charge is 2.23. The maximum atomic E-state index is 13.0.